The molecule has 0 bridgehead atoms. The Morgan fingerprint density at radius 2 is 1.92 bits per heavy atom. The molecule has 3 rings (SSSR count). The van der Waals surface area contributed by atoms with Gasteiger partial charge in [0.1, 0.15) is 5.82 Å². The Morgan fingerprint density at radius 3 is 2.50 bits per heavy atom. The summed E-state index contributed by atoms with van der Waals surface area (Å²) in [5.41, 5.74) is 1.03. The highest BCUT2D eigenvalue weighted by Crippen LogP contribution is 2.29. The Kier molecular flexibility index (Phi) is 5.39. The van der Waals surface area contributed by atoms with E-state index in [1.165, 1.54) is 6.07 Å². The number of rotatable bonds is 4. The van der Waals surface area contributed by atoms with Gasteiger partial charge in [-0.1, -0.05) is 0 Å². The van der Waals surface area contributed by atoms with Crippen molar-refractivity contribution in [3.63, 3.8) is 0 Å². The van der Waals surface area contributed by atoms with E-state index in [0.717, 1.165) is 51.6 Å². The molecule has 1 amide bonds. The Morgan fingerprint density at radius 1 is 1.25 bits per heavy atom. The zero-order valence-corrected chi connectivity index (χ0v) is 14.4. The van der Waals surface area contributed by atoms with Gasteiger partial charge in [-0.25, -0.2) is 4.39 Å². The second-order valence-corrected chi connectivity index (χ2v) is 7.13. The van der Waals surface area contributed by atoms with Crippen LogP contribution in [-0.2, 0) is 0 Å². The van der Waals surface area contributed by atoms with Gasteiger partial charge >= 0.3 is 0 Å². The van der Waals surface area contributed by atoms with Crippen LogP contribution in [0.15, 0.2) is 18.2 Å². The van der Waals surface area contributed by atoms with Gasteiger partial charge in [-0.3, -0.25) is 4.79 Å². The fourth-order valence-corrected chi connectivity index (χ4v) is 3.94. The van der Waals surface area contributed by atoms with E-state index in [9.17, 15) is 14.3 Å². The zero-order chi connectivity index (χ0) is 17.1. The van der Waals surface area contributed by atoms with Crippen LogP contribution in [0.4, 0.5) is 10.1 Å². The Bertz CT molecular complexity index is 579. The molecular formula is C19H27FN2O2. The van der Waals surface area contributed by atoms with Crippen molar-refractivity contribution in [2.45, 2.75) is 44.6 Å². The molecule has 0 aromatic heterocycles. The van der Waals surface area contributed by atoms with Crippen molar-refractivity contribution in [3.8, 4) is 0 Å². The molecular weight excluding hydrogens is 307 g/mol. The van der Waals surface area contributed by atoms with Crippen molar-refractivity contribution >= 4 is 11.6 Å². The minimum absolute atomic E-state index is 0.116. The normalized spacial score (nSPS) is 24.2. The van der Waals surface area contributed by atoms with Gasteiger partial charge in [-0.05, 0) is 62.6 Å². The lowest BCUT2D eigenvalue weighted by molar-refractivity contribution is 0.0652. The van der Waals surface area contributed by atoms with E-state index in [1.807, 2.05) is 4.90 Å². The number of amides is 1. The van der Waals surface area contributed by atoms with E-state index in [0.29, 0.717) is 17.2 Å². The van der Waals surface area contributed by atoms with Gasteiger partial charge in [0.15, 0.2) is 0 Å². The molecule has 1 aliphatic heterocycles. The molecule has 1 heterocycles. The molecule has 4 nitrogen and oxygen atoms in total. The van der Waals surface area contributed by atoms with Crippen LogP contribution < -0.4 is 4.90 Å². The van der Waals surface area contributed by atoms with E-state index in [-0.39, 0.29) is 24.4 Å². The Labute approximate surface area is 143 Å². The average Bonchev–Trinajstić information content (AvgIpc) is 3.14. The number of aliphatic hydroxyl groups excluding tert-OH is 1. The molecule has 1 aromatic carbocycles. The number of carbonyl (C=O) groups is 1. The van der Waals surface area contributed by atoms with Gasteiger partial charge in [0.25, 0.3) is 5.91 Å². The maximum atomic E-state index is 14.4. The van der Waals surface area contributed by atoms with Crippen molar-refractivity contribution in [2.24, 2.45) is 5.92 Å². The number of carbonyl (C=O) groups excluding carboxylic acids is 1. The highest BCUT2D eigenvalue weighted by Gasteiger charge is 2.27. The molecule has 132 valence electrons. The monoisotopic (exact) mass is 334 g/mol. The van der Waals surface area contributed by atoms with Gasteiger partial charge in [0.05, 0.1) is 5.69 Å². The Balaban J connectivity index is 1.67. The predicted octanol–water partition coefficient (Wildman–Crippen LogP) is 3.05. The van der Waals surface area contributed by atoms with Crippen molar-refractivity contribution in [2.75, 3.05) is 31.6 Å². The summed E-state index contributed by atoms with van der Waals surface area (Å²) < 4.78 is 14.4. The number of anilines is 1. The van der Waals surface area contributed by atoms with Crippen LogP contribution in [0, 0.1) is 11.7 Å². The van der Waals surface area contributed by atoms with Crippen LogP contribution in [0.25, 0.3) is 0 Å². The van der Waals surface area contributed by atoms with Crippen molar-refractivity contribution in [1.29, 1.82) is 0 Å². The highest BCUT2D eigenvalue weighted by atomic mass is 19.1. The fraction of sp³-hybridized carbons (Fsp3) is 0.632. The maximum Gasteiger partial charge on any atom is 0.253 e. The van der Waals surface area contributed by atoms with Crippen molar-refractivity contribution < 1.29 is 14.3 Å². The van der Waals surface area contributed by atoms with Crippen LogP contribution >= 0.6 is 0 Å². The molecule has 2 fully saturated rings. The standard InChI is InChI=1S/C19H27FN2O2/c1-21(16-7-4-14(13-23)5-8-16)19(24)15-6-9-18(17(20)12-15)22-10-2-3-11-22/h6,9,12,14,16,23H,2-5,7-8,10-11,13H2,1H3. The molecule has 0 radical (unpaired) electrons. The third kappa shape index (κ3) is 3.56. The molecule has 1 aliphatic carbocycles. The summed E-state index contributed by atoms with van der Waals surface area (Å²) >= 11 is 0. The Hall–Kier alpha value is -1.62. The average molecular weight is 334 g/mol. The first-order valence-electron chi connectivity index (χ1n) is 9.02. The molecule has 1 aromatic rings. The smallest absolute Gasteiger partial charge is 0.253 e. The number of nitrogens with zero attached hydrogens (tertiary/aromatic N) is 2. The van der Waals surface area contributed by atoms with Crippen LogP contribution in [0.1, 0.15) is 48.9 Å². The molecule has 1 saturated heterocycles. The minimum Gasteiger partial charge on any atom is -0.396 e. The lowest BCUT2D eigenvalue weighted by Gasteiger charge is -2.34. The lowest BCUT2D eigenvalue weighted by atomic mass is 9.86. The highest BCUT2D eigenvalue weighted by molar-refractivity contribution is 5.94. The van der Waals surface area contributed by atoms with E-state index < -0.39 is 0 Å². The topological polar surface area (TPSA) is 43.8 Å². The summed E-state index contributed by atoms with van der Waals surface area (Å²) in [6.07, 6.45) is 5.89. The molecule has 0 spiro atoms. The molecule has 24 heavy (non-hydrogen) atoms. The number of halogens is 1. The third-order valence-electron chi connectivity index (χ3n) is 5.58. The van der Waals surface area contributed by atoms with Gasteiger partial charge in [0, 0.05) is 38.3 Å². The summed E-state index contributed by atoms with van der Waals surface area (Å²) in [6, 6.07) is 5.05. The molecule has 5 heteroatoms. The molecule has 0 unspecified atom stereocenters. The van der Waals surface area contributed by atoms with E-state index in [1.54, 1.807) is 24.1 Å². The largest absolute Gasteiger partial charge is 0.396 e. The van der Waals surface area contributed by atoms with Crippen LogP contribution in [0.2, 0.25) is 0 Å². The third-order valence-corrected chi connectivity index (χ3v) is 5.58. The number of hydrogen-bond donors (Lipinski definition) is 1. The van der Waals surface area contributed by atoms with Gasteiger partial charge < -0.3 is 14.9 Å². The second kappa shape index (κ2) is 7.51. The maximum absolute atomic E-state index is 14.4. The van der Waals surface area contributed by atoms with E-state index in [2.05, 4.69) is 0 Å². The predicted molar refractivity (Wildman–Crippen MR) is 92.8 cm³/mol. The van der Waals surface area contributed by atoms with E-state index >= 15 is 0 Å². The molecule has 2 aliphatic rings. The number of hydrogen-bond acceptors (Lipinski definition) is 3. The van der Waals surface area contributed by atoms with Crippen molar-refractivity contribution in [3.05, 3.63) is 29.6 Å². The van der Waals surface area contributed by atoms with Crippen LogP contribution in [0.5, 0.6) is 0 Å². The quantitative estimate of drug-likeness (QED) is 0.920. The van der Waals surface area contributed by atoms with Crippen LogP contribution in [-0.4, -0.2) is 48.7 Å². The summed E-state index contributed by atoms with van der Waals surface area (Å²) in [5, 5.41) is 9.22. The van der Waals surface area contributed by atoms with Gasteiger partial charge in [-0.15, -0.1) is 0 Å². The molecule has 1 saturated carbocycles. The summed E-state index contributed by atoms with van der Waals surface area (Å²) in [6.45, 7) is 2.00. The van der Waals surface area contributed by atoms with E-state index in [4.69, 9.17) is 0 Å². The SMILES string of the molecule is CN(C(=O)c1ccc(N2CCCC2)c(F)c1)C1CCC(CO)CC1. The molecule has 0 atom stereocenters. The first kappa shape index (κ1) is 17.2. The lowest BCUT2D eigenvalue weighted by Crippen LogP contribution is -2.39. The van der Waals surface area contributed by atoms with Crippen LogP contribution in [0.3, 0.4) is 0 Å². The fourth-order valence-electron chi connectivity index (χ4n) is 3.94. The van der Waals surface area contributed by atoms with Crippen molar-refractivity contribution in [1.82, 2.24) is 4.90 Å². The first-order valence-corrected chi connectivity index (χ1v) is 9.02. The summed E-state index contributed by atoms with van der Waals surface area (Å²) in [5.74, 6) is -0.0589. The summed E-state index contributed by atoms with van der Waals surface area (Å²) in [7, 11) is 1.80. The second-order valence-electron chi connectivity index (χ2n) is 7.13. The zero-order valence-electron chi connectivity index (χ0n) is 14.4. The van der Waals surface area contributed by atoms with Gasteiger partial charge in [-0.2, -0.15) is 0 Å². The number of benzene rings is 1. The first-order chi connectivity index (χ1) is 11.6. The molecule has 1 N–H and O–H groups in total. The summed E-state index contributed by atoms with van der Waals surface area (Å²) in [4.78, 5) is 16.5. The van der Waals surface area contributed by atoms with Gasteiger partial charge in [0.2, 0.25) is 0 Å². The minimum atomic E-state index is -0.305. The number of aliphatic hydroxyl groups is 1.